The second-order valence-electron chi connectivity index (χ2n) is 10.0. The summed E-state index contributed by atoms with van der Waals surface area (Å²) in [7, 11) is 1.30. The summed E-state index contributed by atoms with van der Waals surface area (Å²) in [6, 6.07) is 17.1. The van der Waals surface area contributed by atoms with Gasteiger partial charge in [0.05, 0.1) is 32.7 Å². The fourth-order valence-corrected chi connectivity index (χ4v) is 5.19. The monoisotopic (exact) mass is 607 g/mol. The zero-order valence-electron chi connectivity index (χ0n) is 24.2. The Morgan fingerprint density at radius 1 is 0.977 bits per heavy atom. The number of esters is 1. The van der Waals surface area contributed by atoms with Crippen molar-refractivity contribution in [1.29, 1.82) is 0 Å². The minimum absolute atomic E-state index is 0.220. The Morgan fingerprint density at radius 2 is 1.67 bits per heavy atom. The van der Waals surface area contributed by atoms with Gasteiger partial charge in [-0.2, -0.15) is 11.8 Å². The summed E-state index contributed by atoms with van der Waals surface area (Å²) in [4.78, 5) is 30.1. The second-order valence-corrected chi connectivity index (χ2v) is 11.0. The molecule has 7 nitrogen and oxygen atoms in total. The Labute approximate surface area is 254 Å². The molecule has 0 saturated heterocycles. The van der Waals surface area contributed by atoms with Crippen LogP contribution in [0.2, 0.25) is 0 Å². The van der Waals surface area contributed by atoms with Gasteiger partial charge in [0.2, 0.25) is 0 Å². The van der Waals surface area contributed by atoms with Crippen molar-refractivity contribution in [2.24, 2.45) is 0 Å². The van der Waals surface area contributed by atoms with Gasteiger partial charge in [-0.05, 0) is 83.9 Å². The third-order valence-corrected chi connectivity index (χ3v) is 7.74. The Hall–Kier alpha value is -4.02. The predicted octanol–water partition coefficient (Wildman–Crippen LogP) is 5.78. The first-order chi connectivity index (χ1) is 20.9. The van der Waals surface area contributed by atoms with Gasteiger partial charge >= 0.3 is 5.97 Å². The number of aryl methyl sites for hydroxylation is 2. The van der Waals surface area contributed by atoms with E-state index < -0.39 is 12.0 Å². The third kappa shape index (κ3) is 9.23. The molecule has 2 atom stereocenters. The van der Waals surface area contributed by atoms with Gasteiger partial charge < -0.3 is 19.4 Å². The second kappa shape index (κ2) is 16.0. The maximum atomic E-state index is 13.6. The van der Waals surface area contributed by atoms with Crippen LogP contribution in [0, 0.1) is 11.6 Å². The summed E-state index contributed by atoms with van der Waals surface area (Å²) in [5.74, 6) is -0.822. The summed E-state index contributed by atoms with van der Waals surface area (Å²) in [6.07, 6.45) is 8.69. The van der Waals surface area contributed by atoms with E-state index in [1.54, 1.807) is 54.6 Å². The smallest absolute Gasteiger partial charge is 0.328 e. The lowest BCUT2D eigenvalue weighted by Gasteiger charge is -2.20. The molecule has 1 aromatic heterocycles. The number of carbonyl (C=O) groups excluding carboxylic acids is 2. The maximum Gasteiger partial charge on any atom is 0.328 e. The minimum Gasteiger partial charge on any atom is -0.467 e. The number of carbonyl (C=O) groups is 2. The number of thioether (sulfide) groups is 1. The first-order valence-corrected chi connectivity index (χ1v) is 15.3. The van der Waals surface area contributed by atoms with Crippen molar-refractivity contribution < 1.29 is 27.8 Å². The highest BCUT2D eigenvalue weighted by Gasteiger charge is 2.23. The molecule has 0 aliphatic rings. The number of halogens is 2. The number of nitrogens with one attached hydrogen (secondary N) is 1. The van der Waals surface area contributed by atoms with Gasteiger partial charge in [-0.25, -0.2) is 18.6 Å². The van der Waals surface area contributed by atoms with Crippen LogP contribution >= 0.6 is 11.8 Å². The molecule has 0 aliphatic carbocycles. The number of amides is 1. The van der Waals surface area contributed by atoms with E-state index in [0.29, 0.717) is 30.6 Å². The highest BCUT2D eigenvalue weighted by atomic mass is 32.2. The molecule has 1 N–H and O–H groups in total. The highest BCUT2D eigenvalue weighted by Crippen LogP contribution is 2.21. The summed E-state index contributed by atoms with van der Waals surface area (Å²) in [5.41, 5.74) is 3.82. The van der Waals surface area contributed by atoms with E-state index in [1.165, 1.54) is 31.4 Å². The lowest BCUT2D eigenvalue weighted by Crippen LogP contribution is -2.42. The van der Waals surface area contributed by atoms with Crippen LogP contribution in [-0.4, -0.2) is 53.2 Å². The van der Waals surface area contributed by atoms with E-state index >= 15 is 0 Å². The summed E-state index contributed by atoms with van der Waals surface area (Å²) in [5, 5.41) is 2.85. The number of methoxy groups -OCH3 is 1. The van der Waals surface area contributed by atoms with Crippen LogP contribution in [0.5, 0.6) is 0 Å². The lowest BCUT2D eigenvalue weighted by molar-refractivity contribution is -0.142. The van der Waals surface area contributed by atoms with Gasteiger partial charge in [0.1, 0.15) is 17.7 Å². The van der Waals surface area contributed by atoms with Crippen LogP contribution in [0.4, 0.5) is 8.78 Å². The van der Waals surface area contributed by atoms with Crippen molar-refractivity contribution in [1.82, 2.24) is 14.9 Å². The number of aromatic nitrogens is 2. The van der Waals surface area contributed by atoms with Gasteiger partial charge in [-0.3, -0.25) is 4.79 Å². The Morgan fingerprint density at radius 3 is 2.33 bits per heavy atom. The van der Waals surface area contributed by atoms with Crippen molar-refractivity contribution in [3.05, 3.63) is 125 Å². The van der Waals surface area contributed by atoms with Crippen LogP contribution in [0.25, 0.3) is 0 Å². The Kier molecular flexibility index (Phi) is 11.9. The van der Waals surface area contributed by atoms with Gasteiger partial charge in [0.25, 0.3) is 5.91 Å². The van der Waals surface area contributed by atoms with Gasteiger partial charge in [-0.15, -0.1) is 0 Å². The van der Waals surface area contributed by atoms with E-state index in [-0.39, 0.29) is 36.8 Å². The zero-order valence-corrected chi connectivity index (χ0v) is 25.0. The van der Waals surface area contributed by atoms with Crippen LogP contribution in [0.1, 0.15) is 45.1 Å². The third-order valence-electron chi connectivity index (χ3n) is 7.10. The molecular formula is C33H35F2N3O4S. The summed E-state index contributed by atoms with van der Waals surface area (Å²) < 4.78 is 39.9. The van der Waals surface area contributed by atoms with E-state index in [1.807, 2.05) is 29.2 Å². The average molecular weight is 608 g/mol. The standard InChI is InChI=1S/C33H35F2N3O4S/c1-41-33(40)30(15-18-43-2)37-32(39)29-19-24(4-8-25(29)7-3-23-5-11-27(34)12-6-23)20-42-21-31(38-17-16-36-22-38)26-9-13-28(35)14-10-26/h4-6,8-14,16-17,19,22,30-31H,3,7,15,18,20-21H2,1-2H3,(H,37,39)/t30-,31?/m0/s1. The van der Waals surface area contributed by atoms with E-state index in [0.717, 1.165) is 22.3 Å². The molecule has 10 heteroatoms. The number of benzene rings is 3. The largest absolute Gasteiger partial charge is 0.467 e. The zero-order chi connectivity index (χ0) is 30.6. The Balaban J connectivity index is 1.52. The number of hydrogen-bond donors (Lipinski definition) is 1. The van der Waals surface area contributed by atoms with Crippen LogP contribution in [0.3, 0.4) is 0 Å². The molecule has 0 saturated carbocycles. The quantitative estimate of drug-likeness (QED) is 0.173. The molecular weight excluding hydrogens is 572 g/mol. The van der Waals surface area contributed by atoms with E-state index in [2.05, 4.69) is 10.3 Å². The van der Waals surface area contributed by atoms with E-state index in [4.69, 9.17) is 9.47 Å². The number of imidazole rings is 1. The summed E-state index contributed by atoms with van der Waals surface area (Å²) >= 11 is 1.58. The molecule has 0 aliphatic heterocycles. The highest BCUT2D eigenvalue weighted by molar-refractivity contribution is 7.98. The summed E-state index contributed by atoms with van der Waals surface area (Å²) in [6.45, 7) is 0.507. The number of nitrogens with zero attached hydrogens (tertiary/aromatic N) is 2. The van der Waals surface area contributed by atoms with Crippen molar-refractivity contribution in [3.63, 3.8) is 0 Å². The SMILES string of the molecule is COC(=O)[C@H](CCSC)NC(=O)c1cc(COCC(c2ccc(F)cc2)n2ccnc2)ccc1CCc1ccc(F)cc1. The molecule has 43 heavy (non-hydrogen) atoms. The molecule has 1 heterocycles. The molecule has 1 unspecified atom stereocenters. The van der Waals surface area contributed by atoms with Crippen LogP contribution < -0.4 is 5.32 Å². The van der Waals surface area contributed by atoms with Gasteiger partial charge in [0.15, 0.2) is 0 Å². The predicted molar refractivity (Wildman–Crippen MR) is 163 cm³/mol. The van der Waals surface area contributed by atoms with Crippen LogP contribution in [-0.2, 0) is 33.7 Å². The molecule has 226 valence electrons. The topological polar surface area (TPSA) is 82.5 Å². The molecule has 0 fully saturated rings. The molecule has 4 aromatic rings. The molecule has 0 radical (unpaired) electrons. The van der Waals surface area contributed by atoms with Crippen molar-refractivity contribution in [3.8, 4) is 0 Å². The molecule has 0 bridgehead atoms. The first kappa shape index (κ1) is 31.9. The average Bonchev–Trinajstić information content (AvgIpc) is 3.56. The molecule has 1 amide bonds. The fourth-order valence-electron chi connectivity index (χ4n) is 4.72. The lowest BCUT2D eigenvalue weighted by atomic mass is 9.97. The number of hydrogen-bond acceptors (Lipinski definition) is 6. The maximum absolute atomic E-state index is 13.6. The Bertz CT molecular complexity index is 1460. The van der Waals surface area contributed by atoms with Crippen molar-refractivity contribution >= 4 is 23.6 Å². The van der Waals surface area contributed by atoms with Crippen molar-refractivity contribution in [2.75, 3.05) is 25.7 Å². The normalized spacial score (nSPS) is 12.5. The molecule has 3 aromatic carbocycles. The molecule has 0 spiro atoms. The van der Waals surface area contributed by atoms with Crippen molar-refractivity contribution in [2.45, 2.75) is 38.0 Å². The first-order valence-electron chi connectivity index (χ1n) is 13.9. The fraction of sp³-hybridized carbons (Fsp3) is 0.303. The number of ether oxygens (including phenoxy) is 2. The molecule has 4 rings (SSSR count). The van der Waals surface area contributed by atoms with Gasteiger partial charge in [-0.1, -0.05) is 36.4 Å². The minimum atomic E-state index is -0.776. The van der Waals surface area contributed by atoms with Crippen LogP contribution in [0.15, 0.2) is 85.5 Å². The van der Waals surface area contributed by atoms with E-state index in [9.17, 15) is 18.4 Å². The number of rotatable bonds is 15. The van der Waals surface area contributed by atoms with Gasteiger partial charge in [0, 0.05) is 18.0 Å².